The molecule has 1 unspecified atom stereocenters. The Labute approximate surface area is 122 Å². The van der Waals surface area contributed by atoms with Crippen LogP contribution in [0.15, 0.2) is 54.6 Å². The lowest BCUT2D eigenvalue weighted by molar-refractivity contribution is 0.293. The monoisotopic (exact) mass is 286 g/mol. The summed E-state index contributed by atoms with van der Waals surface area (Å²) in [5.74, 6) is 0.292. The van der Waals surface area contributed by atoms with E-state index >= 15 is 0 Å². The number of hydrogen-bond donors (Lipinski definition) is 1. The zero-order valence-electron chi connectivity index (χ0n) is 12.3. The van der Waals surface area contributed by atoms with Gasteiger partial charge in [-0.15, -0.1) is 0 Å². The summed E-state index contributed by atoms with van der Waals surface area (Å²) in [6.07, 6.45) is 0. The highest BCUT2D eigenvalue weighted by Crippen LogP contribution is 2.23. The molecule has 2 aromatic carbocycles. The molecule has 1 atom stereocenters. The first kappa shape index (κ1) is 14.8. The predicted molar refractivity (Wildman–Crippen MR) is 85.7 cm³/mol. The van der Waals surface area contributed by atoms with Crippen molar-refractivity contribution in [2.24, 2.45) is 0 Å². The lowest BCUT2D eigenvalue weighted by Gasteiger charge is -2.32. The van der Waals surface area contributed by atoms with Crippen molar-refractivity contribution >= 4 is 13.5 Å². The smallest absolute Gasteiger partial charge is 0.224 e. The molecule has 0 aliphatic rings. The van der Waals surface area contributed by atoms with E-state index in [-0.39, 0.29) is 0 Å². The first-order valence-electron chi connectivity index (χ1n) is 7.00. The van der Waals surface area contributed by atoms with Crippen LogP contribution in [0.4, 0.5) is 0 Å². The number of hydrogen-bond acceptors (Lipinski definition) is 2. The molecule has 0 radical (unpaired) electrons. The van der Waals surface area contributed by atoms with E-state index in [0.717, 1.165) is 5.56 Å². The van der Waals surface area contributed by atoms with Gasteiger partial charge in [-0.05, 0) is 35.0 Å². The zero-order valence-corrected chi connectivity index (χ0v) is 13.3. The fraction of sp³-hybridized carbons (Fsp3) is 0.294. The standard InChI is InChI=1S/C17H22O2Si/c1-14(2)20(3,17-7-5-4-6-8-17)19-13-15-9-11-16(18)12-10-15/h4-12,14,18H,13H2,1-3H3. The predicted octanol–water partition coefficient (Wildman–Crippen LogP) is 3.80. The van der Waals surface area contributed by atoms with Gasteiger partial charge in [0.05, 0.1) is 6.61 Å². The number of phenols is 1. The minimum absolute atomic E-state index is 0.292. The van der Waals surface area contributed by atoms with E-state index in [1.54, 1.807) is 12.1 Å². The molecule has 0 aliphatic carbocycles. The summed E-state index contributed by atoms with van der Waals surface area (Å²) >= 11 is 0. The maximum Gasteiger partial charge on any atom is 0.224 e. The van der Waals surface area contributed by atoms with Gasteiger partial charge >= 0.3 is 0 Å². The maximum atomic E-state index is 9.32. The molecule has 0 saturated carbocycles. The molecule has 20 heavy (non-hydrogen) atoms. The fourth-order valence-electron chi connectivity index (χ4n) is 2.18. The van der Waals surface area contributed by atoms with Crippen molar-refractivity contribution in [3.8, 4) is 5.75 Å². The summed E-state index contributed by atoms with van der Waals surface area (Å²) in [4.78, 5) is 0. The molecule has 0 amide bonds. The Kier molecular flexibility index (Phi) is 4.63. The third kappa shape index (κ3) is 3.29. The summed E-state index contributed by atoms with van der Waals surface area (Å²) < 4.78 is 6.36. The molecular weight excluding hydrogens is 264 g/mol. The van der Waals surface area contributed by atoms with Crippen LogP contribution in [0.2, 0.25) is 12.1 Å². The van der Waals surface area contributed by atoms with Crippen molar-refractivity contribution < 1.29 is 9.53 Å². The highest BCUT2D eigenvalue weighted by atomic mass is 28.4. The van der Waals surface area contributed by atoms with Gasteiger partial charge in [0.15, 0.2) is 0 Å². The molecule has 2 aromatic rings. The number of rotatable bonds is 5. The van der Waals surface area contributed by atoms with Gasteiger partial charge in [-0.2, -0.15) is 0 Å². The molecule has 0 aromatic heterocycles. The van der Waals surface area contributed by atoms with Gasteiger partial charge in [-0.3, -0.25) is 0 Å². The summed E-state index contributed by atoms with van der Waals surface area (Å²) in [5.41, 5.74) is 1.60. The molecule has 2 rings (SSSR count). The van der Waals surface area contributed by atoms with E-state index in [4.69, 9.17) is 4.43 Å². The number of benzene rings is 2. The van der Waals surface area contributed by atoms with Gasteiger partial charge in [0.25, 0.3) is 0 Å². The molecular formula is C17H22O2Si. The second-order valence-electron chi connectivity index (χ2n) is 5.58. The van der Waals surface area contributed by atoms with Crippen LogP contribution < -0.4 is 5.19 Å². The molecule has 0 heterocycles. The lowest BCUT2D eigenvalue weighted by Crippen LogP contribution is -2.50. The van der Waals surface area contributed by atoms with Gasteiger partial charge in [-0.25, -0.2) is 0 Å². The van der Waals surface area contributed by atoms with E-state index in [9.17, 15) is 5.11 Å². The van der Waals surface area contributed by atoms with Crippen LogP contribution in [0, 0.1) is 0 Å². The van der Waals surface area contributed by atoms with E-state index in [1.807, 2.05) is 18.2 Å². The molecule has 0 aliphatic heterocycles. The van der Waals surface area contributed by atoms with Crippen molar-refractivity contribution in [1.82, 2.24) is 0 Å². The molecule has 3 heteroatoms. The molecule has 0 spiro atoms. The molecule has 0 saturated heterocycles. The van der Waals surface area contributed by atoms with Gasteiger partial charge in [0.1, 0.15) is 5.75 Å². The highest BCUT2D eigenvalue weighted by Gasteiger charge is 2.35. The van der Waals surface area contributed by atoms with Crippen LogP contribution >= 0.6 is 0 Å². The minimum Gasteiger partial charge on any atom is -0.508 e. The minimum atomic E-state index is -1.96. The number of phenolic OH excluding ortho intramolecular Hbond substituents is 1. The van der Waals surface area contributed by atoms with Gasteiger partial charge in [0, 0.05) is 0 Å². The summed E-state index contributed by atoms with van der Waals surface area (Å²) in [6.45, 7) is 7.33. The van der Waals surface area contributed by atoms with Crippen molar-refractivity contribution in [3.05, 3.63) is 60.2 Å². The fourth-order valence-corrected chi connectivity index (χ4v) is 4.67. The average Bonchev–Trinajstić information content (AvgIpc) is 2.47. The Morgan fingerprint density at radius 3 is 2.15 bits per heavy atom. The first-order valence-corrected chi connectivity index (χ1v) is 9.48. The second kappa shape index (κ2) is 6.24. The van der Waals surface area contributed by atoms with Gasteiger partial charge in [0.2, 0.25) is 8.32 Å². The lowest BCUT2D eigenvalue weighted by atomic mass is 10.2. The molecule has 0 fully saturated rings. The average molecular weight is 286 g/mol. The molecule has 106 valence electrons. The summed E-state index contributed by atoms with van der Waals surface area (Å²) in [5, 5.41) is 10.6. The first-order chi connectivity index (χ1) is 9.52. The van der Waals surface area contributed by atoms with Crippen LogP contribution in [0.3, 0.4) is 0 Å². The molecule has 2 nitrogen and oxygen atoms in total. The molecule has 1 N–H and O–H groups in total. The largest absolute Gasteiger partial charge is 0.508 e. The Balaban J connectivity index is 2.16. The van der Waals surface area contributed by atoms with Crippen LogP contribution in [0.1, 0.15) is 19.4 Å². The second-order valence-corrected chi connectivity index (χ2v) is 9.82. The summed E-state index contributed by atoms with van der Waals surface area (Å²) in [7, 11) is -1.96. The van der Waals surface area contributed by atoms with Crippen molar-refractivity contribution in [3.63, 3.8) is 0 Å². The zero-order chi connectivity index (χ0) is 14.6. The Morgan fingerprint density at radius 1 is 1.00 bits per heavy atom. The SMILES string of the molecule is CC(C)[Si](C)(OCc1ccc(O)cc1)c1ccccc1. The Morgan fingerprint density at radius 2 is 1.60 bits per heavy atom. The highest BCUT2D eigenvalue weighted by molar-refractivity contribution is 6.86. The Bertz CT molecular complexity index is 537. The van der Waals surface area contributed by atoms with Gasteiger partial charge in [-0.1, -0.05) is 56.3 Å². The Hall–Kier alpha value is -1.58. The molecule has 0 bridgehead atoms. The van der Waals surface area contributed by atoms with Crippen LogP contribution in [0.25, 0.3) is 0 Å². The van der Waals surface area contributed by atoms with Crippen LogP contribution in [-0.2, 0) is 11.0 Å². The van der Waals surface area contributed by atoms with E-state index < -0.39 is 8.32 Å². The van der Waals surface area contributed by atoms with Crippen LogP contribution in [0.5, 0.6) is 5.75 Å². The quantitative estimate of drug-likeness (QED) is 0.847. The van der Waals surface area contributed by atoms with Crippen molar-refractivity contribution in [1.29, 1.82) is 0 Å². The topological polar surface area (TPSA) is 29.5 Å². The van der Waals surface area contributed by atoms with Crippen molar-refractivity contribution in [2.45, 2.75) is 32.5 Å². The maximum absolute atomic E-state index is 9.32. The van der Waals surface area contributed by atoms with E-state index in [2.05, 4.69) is 44.7 Å². The van der Waals surface area contributed by atoms with E-state index in [0.29, 0.717) is 17.9 Å². The normalized spacial score (nSPS) is 14.2. The third-order valence-electron chi connectivity index (χ3n) is 3.92. The van der Waals surface area contributed by atoms with E-state index in [1.165, 1.54) is 5.19 Å². The third-order valence-corrected chi connectivity index (χ3v) is 8.35. The summed E-state index contributed by atoms with van der Waals surface area (Å²) in [6, 6.07) is 17.8. The number of aromatic hydroxyl groups is 1. The van der Waals surface area contributed by atoms with Crippen molar-refractivity contribution in [2.75, 3.05) is 0 Å². The van der Waals surface area contributed by atoms with Crippen LogP contribution in [-0.4, -0.2) is 13.4 Å². The van der Waals surface area contributed by atoms with Gasteiger partial charge < -0.3 is 9.53 Å².